The van der Waals surface area contributed by atoms with Crippen molar-refractivity contribution in [2.45, 2.75) is 30.6 Å². The highest BCUT2D eigenvalue weighted by atomic mass is 16.6. The normalized spacial score (nSPS) is 35.5. The molecule has 0 radical (unpaired) electrons. The molecule has 3 N–H and O–H groups in total. The predicted molar refractivity (Wildman–Crippen MR) is 83.9 cm³/mol. The van der Waals surface area contributed by atoms with Crippen molar-refractivity contribution in [1.82, 2.24) is 9.80 Å². The van der Waals surface area contributed by atoms with Crippen LogP contribution in [0, 0.1) is 0 Å². The molecular weight excluding hydrogens is 320 g/mol. The van der Waals surface area contributed by atoms with E-state index in [1.165, 1.54) is 17.6 Å². The van der Waals surface area contributed by atoms with Crippen molar-refractivity contribution in [3.8, 4) is 0 Å². The molecule has 0 saturated carbocycles. The molecule has 1 fully saturated rings. The average Bonchev–Trinajstić information content (AvgIpc) is 3.08. The van der Waals surface area contributed by atoms with Crippen LogP contribution in [0.5, 0.6) is 0 Å². The third kappa shape index (κ3) is 2.82. The van der Waals surface area contributed by atoms with Crippen LogP contribution in [0.25, 0.3) is 0 Å². The standard InChI is InChI=1S/C13H18N6O5/c1-18(2)4-15-13-16-10-7(11(23)17-13)14-5-19(10)12-9(22)8(21)6(3-20)24-12/h4-9,12,20-22H,3H2,1-2H3/b15-4+/t6-,7?,8-,9-,12-/m1/s1. The molecule has 5 atom stereocenters. The van der Waals surface area contributed by atoms with Gasteiger partial charge in [0.25, 0.3) is 11.9 Å². The van der Waals surface area contributed by atoms with Gasteiger partial charge in [-0.1, -0.05) is 0 Å². The van der Waals surface area contributed by atoms with Crippen LogP contribution in [0.15, 0.2) is 20.0 Å². The molecule has 130 valence electrons. The maximum atomic E-state index is 12.1. The quantitative estimate of drug-likeness (QED) is 0.368. The zero-order valence-electron chi connectivity index (χ0n) is 13.1. The van der Waals surface area contributed by atoms with Gasteiger partial charge in [0.2, 0.25) is 0 Å². The number of amidine groups is 1. The Bertz CT molecular complexity index is 645. The molecule has 0 aromatic heterocycles. The van der Waals surface area contributed by atoms with Gasteiger partial charge in [0.1, 0.15) is 18.3 Å². The zero-order chi connectivity index (χ0) is 17.4. The Morgan fingerprint density at radius 2 is 2.12 bits per heavy atom. The Kier molecular flexibility index (Phi) is 4.41. The number of aliphatic hydroxyl groups excluding tert-OH is 3. The third-order valence-corrected chi connectivity index (χ3v) is 3.70. The minimum Gasteiger partial charge on any atom is -0.394 e. The Morgan fingerprint density at radius 1 is 1.38 bits per heavy atom. The van der Waals surface area contributed by atoms with Gasteiger partial charge in [0.05, 0.1) is 19.3 Å². The van der Waals surface area contributed by atoms with E-state index in [0.29, 0.717) is 0 Å². The molecule has 11 heteroatoms. The van der Waals surface area contributed by atoms with Gasteiger partial charge in [-0.3, -0.25) is 14.7 Å². The third-order valence-electron chi connectivity index (χ3n) is 3.70. The average molecular weight is 338 g/mol. The van der Waals surface area contributed by atoms with Gasteiger partial charge in [-0.2, -0.15) is 9.98 Å². The SMILES string of the molecule is CN(C)/C=N/C1=NC(=O)C2N=CN([C@@H]3O[C@H](CO)[C@@H](O)[C@H]3O)C2=N1. The maximum absolute atomic E-state index is 12.1. The molecule has 3 aliphatic heterocycles. The lowest BCUT2D eigenvalue weighted by Crippen LogP contribution is -2.48. The molecule has 1 unspecified atom stereocenters. The summed E-state index contributed by atoms with van der Waals surface area (Å²) in [6.45, 7) is -0.450. The Labute approximate surface area is 137 Å². The lowest BCUT2D eigenvalue weighted by molar-refractivity contribution is -0.117. The lowest BCUT2D eigenvalue weighted by atomic mass is 10.1. The highest BCUT2D eigenvalue weighted by molar-refractivity contribution is 6.22. The number of aliphatic hydroxyl groups is 3. The number of carbonyl (C=O) groups excluding carboxylic acids is 1. The number of hydrogen-bond donors (Lipinski definition) is 3. The first-order valence-electron chi connectivity index (χ1n) is 7.28. The molecule has 1 saturated heterocycles. The molecular formula is C13H18N6O5. The first-order chi connectivity index (χ1) is 11.4. The fourth-order valence-electron chi connectivity index (χ4n) is 2.52. The van der Waals surface area contributed by atoms with E-state index in [9.17, 15) is 20.1 Å². The summed E-state index contributed by atoms with van der Waals surface area (Å²) in [6, 6.07) is -0.926. The highest BCUT2D eigenvalue weighted by Crippen LogP contribution is 2.27. The lowest BCUT2D eigenvalue weighted by Gasteiger charge is -2.27. The predicted octanol–water partition coefficient (Wildman–Crippen LogP) is -2.98. The van der Waals surface area contributed by atoms with E-state index in [1.807, 2.05) is 0 Å². The Hall–Kier alpha value is -2.21. The molecule has 0 aromatic carbocycles. The second kappa shape index (κ2) is 6.36. The second-order valence-electron chi connectivity index (χ2n) is 5.73. The van der Waals surface area contributed by atoms with Crippen LogP contribution in [0.4, 0.5) is 0 Å². The van der Waals surface area contributed by atoms with E-state index in [-0.39, 0.29) is 11.8 Å². The summed E-state index contributed by atoms with van der Waals surface area (Å²) in [4.78, 5) is 31.0. The van der Waals surface area contributed by atoms with Crippen molar-refractivity contribution in [2.24, 2.45) is 20.0 Å². The first-order valence-corrected chi connectivity index (χ1v) is 7.28. The van der Waals surface area contributed by atoms with E-state index in [1.54, 1.807) is 19.0 Å². The molecule has 11 nitrogen and oxygen atoms in total. The summed E-state index contributed by atoms with van der Waals surface area (Å²) in [5.74, 6) is -0.366. The second-order valence-corrected chi connectivity index (χ2v) is 5.73. The van der Waals surface area contributed by atoms with Crippen molar-refractivity contribution in [2.75, 3.05) is 20.7 Å². The van der Waals surface area contributed by atoms with Crippen LogP contribution in [-0.2, 0) is 9.53 Å². The minimum absolute atomic E-state index is 0.0396. The molecule has 3 heterocycles. The number of fused-ring (bicyclic) bond motifs is 1. The Morgan fingerprint density at radius 3 is 2.75 bits per heavy atom. The molecule has 3 aliphatic rings. The topological polar surface area (TPSA) is 143 Å². The van der Waals surface area contributed by atoms with E-state index >= 15 is 0 Å². The fraction of sp³-hybridized carbons (Fsp3) is 0.615. The summed E-state index contributed by atoms with van der Waals surface area (Å²) in [6.07, 6.45) is -1.75. The van der Waals surface area contributed by atoms with Gasteiger partial charge in [-0.15, -0.1) is 0 Å². The largest absolute Gasteiger partial charge is 0.394 e. The monoisotopic (exact) mass is 338 g/mol. The van der Waals surface area contributed by atoms with Gasteiger partial charge in [-0.25, -0.2) is 4.99 Å². The number of rotatable bonds is 3. The van der Waals surface area contributed by atoms with Crippen LogP contribution in [-0.4, -0.2) is 107 Å². The van der Waals surface area contributed by atoms with E-state index < -0.39 is 43.1 Å². The smallest absolute Gasteiger partial charge is 0.281 e. The van der Waals surface area contributed by atoms with Gasteiger partial charge in [0, 0.05) is 14.1 Å². The molecule has 0 spiro atoms. The zero-order valence-corrected chi connectivity index (χ0v) is 13.1. The molecule has 24 heavy (non-hydrogen) atoms. The van der Waals surface area contributed by atoms with Crippen molar-refractivity contribution in [1.29, 1.82) is 0 Å². The van der Waals surface area contributed by atoms with Crippen LogP contribution >= 0.6 is 0 Å². The summed E-state index contributed by atoms with van der Waals surface area (Å²) < 4.78 is 5.44. The van der Waals surface area contributed by atoms with Crippen molar-refractivity contribution in [3.05, 3.63) is 0 Å². The van der Waals surface area contributed by atoms with Gasteiger partial charge < -0.3 is 25.0 Å². The number of carbonyl (C=O) groups is 1. The van der Waals surface area contributed by atoms with E-state index in [4.69, 9.17) is 4.74 Å². The number of hydrogen-bond acceptors (Lipinski definition) is 9. The van der Waals surface area contributed by atoms with Crippen LogP contribution < -0.4 is 0 Å². The highest BCUT2D eigenvalue weighted by Gasteiger charge is 2.49. The number of guanidine groups is 1. The van der Waals surface area contributed by atoms with Crippen molar-refractivity contribution in [3.63, 3.8) is 0 Å². The number of aliphatic imine (C=N–C) groups is 4. The van der Waals surface area contributed by atoms with Gasteiger partial charge in [0.15, 0.2) is 18.1 Å². The molecule has 3 rings (SSSR count). The minimum atomic E-state index is -1.29. The van der Waals surface area contributed by atoms with Crippen LogP contribution in [0.2, 0.25) is 0 Å². The van der Waals surface area contributed by atoms with E-state index in [2.05, 4.69) is 20.0 Å². The number of nitrogens with zero attached hydrogens (tertiary/aromatic N) is 6. The van der Waals surface area contributed by atoms with Gasteiger partial charge >= 0.3 is 0 Å². The van der Waals surface area contributed by atoms with Crippen LogP contribution in [0.3, 0.4) is 0 Å². The van der Waals surface area contributed by atoms with Gasteiger partial charge in [-0.05, 0) is 0 Å². The Balaban J connectivity index is 1.86. The molecule has 1 amide bonds. The first kappa shape index (κ1) is 16.6. The summed E-state index contributed by atoms with van der Waals surface area (Å²) in [5, 5.41) is 29.2. The summed E-state index contributed by atoms with van der Waals surface area (Å²) in [7, 11) is 3.52. The van der Waals surface area contributed by atoms with Crippen LogP contribution in [0.1, 0.15) is 0 Å². The number of ether oxygens (including phenoxy) is 1. The fourth-order valence-corrected chi connectivity index (χ4v) is 2.52. The molecule has 0 aliphatic carbocycles. The van der Waals surface area contributed by atoms with Crippen molar-refractivity contribution < 1.29 is 24.9 Å². The molecule has 0 aromatic rings. The van der Waals surface area contributed by atoms with E-state index in [0.717, 1.165) is 0 Å². The maximum Gasteiger partial charge on any atom is 0.281 e. The molecule has 0 bridgehead atoms. The summed E-state index contributed by atoms with van der Waals surface area (Å²) >= 11 is 0. The summed E-state index contributed by atoms with van der Waals surface area (Å²) in [5.41, 5.74) is 0. The van der Waals surface area contributed by atoms with Crippen molar-refractivity contribution >= 4 is 30.4 Å². The number of amides is 1.